The van der Waals surface area contributed by atoms with E-state index in [9.17, 15) is 14.3 Å². The Kier molecular flexibility index (Phi) is 4.87. The van der Waals surface area contributed by atoms with Gasteiger partial charge < -0.3 is 9.84 Å². The highest BCUT2D eigenvalue weighted by atomic mass is 19.1. The maximum atomic E-state index is 14.2. The van der Waals surface area contributed by atoms with E-state index in [1.807, 2.05) is 6.07 Å². The maximum absolute atomic E-state index is 14.2. The van der Waals surface area contributed by atoms with Crippen molar-refractivity contribution in [2.75, 3.05) is 19.6 Å². The van der Waals surface area contributed by atoms with Gasteiger partial charge in [-0.2, -0.15) is 0 Å². The fourth-order valence-corrected chi connectivity index (χ4v) is 4.40. The van der Waals surface area contributed by atoms with E-state index in [0.29, 0.717) is 35.3 Å². The molecule has 5 heteroatoms. The molecular weight excluding hydrogens is 345 g/mol. The molecule has 0 bridgehead atoms. The molecule has 2 fully saturated rings. The standard InChI is InChI=1S/C22H24FNO3/c1-14-3-2-4-21(22(14)23)27-19-9-16-11-24(12-17(16)10-19)13-20(26)15-5-7-18(25)8-6-15/h2-8,16-17,19,25H,9-13H2,1H3. The average Bonchev–Trinajstić information content (AvgIpc) is 3.17. The number of phenolic OH excluding ortho intramolecular Hbond substituents is 1. The van der Waals surface area contributed by atoms with Crippen molar-refractivity contribution in [2.24, 2.45) is 11.8 Å². The first-order chi connectivity index (χ1) is 13.0. The van der Waals surface area contributed by atoms with Gasteiger partial charge in [-0.05, 0) is 67.5 Å². The molecule has 1 heterocycles. The molecule has 0 radical (unpaired) electrons. The van der Waals surface area contributed by atoms with Crippen LogP contribution in [-0.4, -0.2) is 41.5 Å². The molecule has 1 saturated heterocycles. The molecule has 0 amide bonds. The Morgan fingerprint density at radius 2 is 1.81 bits per heavy atom. The number of phenols is 1. The number of aromatic hydroxyl groups is 1. The number of carbonyl (C=O) groups is 1. The van der Waals surface area contributed by atoms with Crippen molar-refractivity contribution in [1.29, 1.82) is 0 Å². The molecule has 2 aromatic carbocycles. The molecule has 1 saturated carbocycles. The van der Waals surface area contributed by atoms with Crippen LogP contribution in [-0.2, 0) is 0 Å². The Balaban J connectivity index is 1.31. The van der Waals surface area contributed by atoms with Gasteiger partial charge in [0, 0.05) is 18.7 Å². The van der Waals surface area contributed by atoms with Crippen LogP contribution in [0.5, 0.6) is 11.5 Å². The van der Waals surface area contributed by atoms with E-state index in [1.54, 1.807) is 31.2 Å². The Hall–Kier alpha value is -2.40. The largest absolute Gasteiger partial charge is 0.508 e. The third-order valence-corrected chi connectivity index (χ3v) is 5.79. The normalized spacial score (nSPS) is 24.7. The van der Waals surface area contributed by atoms with Crippen LogP contribution in [0.25, 0.3) is 0 Å². The van der Waals surface area contributed by atoms with Crippen molar-refractivity contribution in [2.45, 2.75) is 25.9 Å². The second kappa shape index (κ2) is 7.31. The number of likely N-dealkylation sites (tertiary alicyclic amines) is 1. The van der Waals surface area contributed by atoms with Gasteiger partial charge in [-0.1, -0.05) is 12.1 Å². The summed E-state index contributed by atoms with van der Waals surface area (Å²) in [5.41, 5.74) is 1.23. The van der Waals surface area contributed by atoms with Crippen molar-refractivity contribution < 1.29 is 19.0 Å². The summed E-state index contributed by atoms with van der Waals surface area (Å²) in [6, 6.07) is 11.7. The summed E-state index contributed by atoms with van der Waals surface area (Å²) < 4.78 is 20.1. The summed E-state index contributed by atoms with van der Waals surface area (Å²) >= 11 is 0. The fraction of sp³-hybridized carbons (Fsp3) is 0.409. The van der Waals surface area contributed by atoms with E-state index in [2.05, 4.69) is 4.90 Å². The fourth-order valence-electron chi connectivity index (χ4n) is 4.40. The van der Waals surface area contributed by atoms with E-state index < -0.39 is 0 Å². The van der Waals surface area contributed by atoms with Gasteiger partial charge in [-0.3, -0.25) is 9.69 Å². The second-order valence-corrected chi connectivity index (χ2v) is 7.78. The number of rotatable bonds is 5. The van der Waals surface area contributed by atoms with Gasteiger partial charge in [0.15, 0.2) is 17.3 Å². The number of ether oxygens (including phenoxy) is 1. The molecule has 0 spiro atoms. The molecule has 1 aliphatic heterocycles. The smallest absolute Gasteiger partial charge is 0.176 e. The van der Waals surface area contributed by atoms with E-state index in [1.165, 1.54) is 12.1 Å². The van der Waals surface area contributed by atoms with Gasteiger partial charge in [-0.25, -0.2) is 4.39 Å². The van der Waals surface area contributed by atoms with Crippen LogP contribution < -0.4 is 4.74 Å². The highest BCUT2D eigenvalue weighted by molar-refractivity contribution is 5.97. The minimum Gasteiger partial charge on any atom is -0.508 e. The molecule has 1 N–H and O–H groups in total. The summed E-state index contributed by atoms with van der Waals surface area (Å²) in [6.45, 7) is 3.90. The quantitative estimate of drug-likeness (QED) is 0.815. The SMILES string of the molecule is Cc1cccc(OC2CC3CN(CC(=O)c4ccc(O)cc4)CC3C2)c1F. The summed E-state index contributed by atoms with van der Waals surface area (Å²) in [4.78, 5) is 14.6. The highest BCUT2D eigenvalue weighted by Crippen LogP contribution is 2.40. The zero-order valence-electron chi connectivity index (χ0n) is 15.4. The molecule has 1 aliphatic carbocycles. The van der Waals surface area contributed by atoms with Gasteiger partial charge in [-0.15, -0.1) is 0 Å². The first-order valence-corrected chi connectivity index (χ1v) is 9.46. The molecule has 2 aliphatic rings. The first-order valence-electron chi connectivity index (χ1n) is 9.46. The average molecular weight is 369 g/mol. The van der Waals surface area contributed by atoms with Crippen molar-refractivity contribution in [1.82, 2.24) is 4.90 Å². The third kappa shape index (κ3) is 3.83. The van der Waals surface area contributed by atoms with E-state index in [0.717, 1.165) is 25.9 Å². The second-order valence-electron chi connectivity index (χ2n) is 7.78. The van der Waals surface area contributed by atoms with Crippen LogP contribution in [0, 0.1) is 24.6 Å². The monoisotopic (exact) mass is 369 g/mol. The van der Waals surface area contributed by atoms with Crippen LogP contribution in [0.4, 0.5) is 4.39 Å². The number of ketones is 1. The number of halogens is 1. The number of hydrogen-bond acceptors (Lipinski definition) is 4. The van der Waals surface area contributed by atoms with Crippen molar-refractivity contribution >= 4 is 5.78 Å². The van der Waals surface area contributed by atoms with Crippen LogP contribution in [0.15, 0.2) is 42.5 Å². The number of benzene rings is 2. The van der Waals surface area contributed by atoms with E-state index >= 15 is 0 Å². The number of fused-ring (bicyclic) bond motifs is 1. The Labute approximate surface area is 158 Å². The molecule has 2 unspecified atom stereocenters. The van der Waals surface area contributed by atoms with Gasteiger partial charge in [0.2, 0.25) is 0 Å². The van der Waals surface area contributed by atoms with Crippen LogP contribution in [0.3, 0.4) is 0 Å². The van der Waals surface area contributed by atoms with Crippen molar-refractivity contribution in [3.63, 3.8) is 0 Å². The summed E-state index contributed by atoms with van der Waals surface area (Å²) in [6.07, 6.45) is 1.86. The minimum atomic E-state index is -0.268. The van der Waals surface area contributed by atoms with E-state index in [4.69, 9.17) is 4.74 Å². The number of Topliss-reactive ketones (excluding diaryl/α,β-unsaturated/α-hetero) is 1. The molecular formula is C22H24FNO3. The Morgan fingerprint density at radius 1 is 1.15 bits per heavy atom. The predicted molar refractivity (Wildman–Crippen MR) is 101 cm³/mol. The summed E-state index contributed by atoms with van der Waals surface area (Å²) in [7, 11) is 0. The molecule has 2 aromatic rings. The van der Waals surface area contributed by atoms with Gasteiger partial charge >= 0.3 is 0 Å². The first kappa shape index (κ1) is 18.0. The van der Waals surface area contributed by atoms with Crippen LogP contribution in [0.2, 0.25) is 0 Å². The summed E-state index contributed by atoms with van der Waals surface area (Å²) in [5.74, 6) is 1.31. The number of nitrogens with zero attached hydrogens (tertiary/aromatic N) is 1. The minimum absolute atomic E-state index is 0.0475. The lowest BCUT2D eigenvalue weighted by atomic mass is 10.0. The number of aryl methyl sites for hydroxylation is 1. The van der Waals surface area contributed by atoms with Crippen molar-refractivity contribution in [3.8, 4) is 11.5 Å². The lowest BCUT2D eigenvalue weighted by Crippen LogP contribution is -2.30. The van der Waals surface area contributed by atoms with Crippen LogP contribution in [0.1, 0.15) is 28.8 Å². The predicted octanol–water partition coefficient (Wildman–Crippen LogP) is 3.81. The van der Waals surface area contributed by atoms with Gasteiger partial charge in [0.1, 0.15) is 5.75 Å². The zero-order chi connectivity index (χ0) is 19.0. The Morgan fingerprint density at radius 3 is 2.48 bits per heavy atom. The highest BCUT2D eigenvalue weighted by Gasteiger charge is 2.42. The molecule has 142 valence electrons. The summed E-state index contributed by atoms with van der Waals surface area (Å²) in [5, 5.41) is 9.34. The number of hydrogen-bond donors (Lipinski definition) is 1. The lowest BCUT2D eigenvalue weighted by Gasteiger charge is -2.19. The molecule has 4 nitrogen and oxygen atoms in total. The van der Waals surface area contributed by atoms with E-state index in [-0.39, 0.29) is 23.5 Å². The van der Waals surface area contributed by atoms with Gasteiger partial charge in [0.05, 0.1) is 12.6 Å². The lowest BCUT2D eigenvalue weighted by molar-refractivity contribution is 0.0936. The molecule has 0 aromatic heterocycles. The molecule has 27 heavy (non-hydrogen) atoms. The van der Waals surface area contributed by atoms with Gasteiger partial charge in [0.25, 0.3) is 0 Å². The maximum Gasteiger partial charge on any atom is 0.176 e. The topological polar surface area (TPSA) is 49.8 Å². The van der Waals surface area contributed by atoms with Crippen LogP contribution >= 0.6 is 0 Å². The molecule has 2 atom stereocenters. The third-order valence-electron chi connectivity index (χ3n) is 5.79. The molecule has 4 rings (SSSR count). The Bertz CT molecular complexity index is 822. The zero-order valence-corrected chi connectivity index (χ0v) is 15.4. The van der Waals surface area contributed by atoms with Crippen molar-refractivity contribution in [3.05, 3.63) is 59.4 Å². The number of carbonyl (C=O) groups excluding carboxylic acids is 1.